The average Bonchev–Trinajstić information content (AvgIpc) is 2.92. The summed E-state index contributed by atoms with van der Waals surface area (Å²) in [4.78, 5) is 28.6. The van der Waals surface area contributed by atoms with E-state index in [0.717, 1.165) is 39.4 Å². The minimum atomic E-state index is -4.08. The van der Waals surface area contributed by atoms with Crippen molar-refractivity contribution >= 4 is 27.5 Å². The van der Waals surface area contributed by atoms with E-state index in [0.29, 0.717) is 12.2 Å². The number of aryl methyl sites for hydroxylation is 3. The largest absolute Gasteiger partial charge is 0.354 e. The molecule has 0 bridgehead atoms. The van der Waals surface area contributed by atoms with Crippen molar-refractivity contribution in [2.75, 3.05) is 17.4 Å². The molecular weight excluding hydrogens is 510 g/mol. The Morgan fingerprint density at radius 3 is 2.26 bits per heavy atom. The molecule has 0 radical (unpaired) electrons. The summed E-state index contributed by atoms with van der Waals surface area (Å²) >= 11 is 0. The zero-order valence-corrected chi connectivity index (χ0v) is 24.3. The molecule has 1 atom stereocenters. The van der Waals surface area contributed by atoms with Crippen LogP contribution in [-0.2, 0) is 26.2 Å². The predicted octanol–water partition coefficient (Wildman–Crippen LogP) is 5.14. The van der Waals surface area contributed by atoms with E-state index in [1.807, 2.05) is 64.1 Å². The molecule has 0 aromatic heterocycles. The normalized spacial score (nSPS) is 12.0. The predicted molar refractivity (Wildman–Crippen MR) is 156 cm³/mol. The molecule has 0 saturated carbocycles. The Labute approximate surface area is 232 Å². The first-order valence-electron chi connectivity index (χ1n) is 13.3. The van der Waals surface area contributed by atoms with Gasteiger partial charge in [0.05, 0.1) is 10.6 Å². The van der Waals surface area contributed by atoms with Gasteiger partial charge in [-0.1, -0.05) is 73.5 Å². The number of nitrogens with one attached hydrogen (secondary N) is 1. The highest BCUT2D eigenvalue weighted by atomic mass is 32.2. The molecule has 1 unspecified atom stereocenters. The lowest BCUT2D eigenvalue weighted by atomic mass is 10.1. The van der Waals surface area contributed by atoms with E-state index in [-0.39, 0.29) is 17.3 Å². The molecule has 0 aliphatic rings. The Balaban J connectivity index is 2.03. The molecular formula is C31H39N3O4S. The molecule has 0 fully saturated rings. The van der Waals surface area contributed by atoms with Gasteiger partial charge >= 0.3 is 0 Å². The second kappa shape index (κ2) is 13.4. The van der Waals surface area contributed by atoms with Gasteiger partial charge in [0.15, 0.2) is 0 Å². The van der Waals surface area contributed by atoms with Crippen molar-refractivity contribution in [1.29, 1.82) is 0 Å². The fourth-order valence-electron chi connectivity index (χ4n) is 4.35. The fraction of sp³-hybridized carbons (Fsp3) is 0.355. The summed E-state index contributed by atoms with van der Waals surface area (Å²) in [5.74, 6) is -0.733. The molecule has 0 saturated heterocycles. The standard InChI is InChI=1S/C31H39N3O4S/c1-6-7-18-32-31(36)26(5)33(21-27-13-11-12-23(2)19-27)30(35)22-34(29-20-24(3)16-17-25(29)4)39(37,38)28-14-9-8-10-15-28/h8-17,19-20,26H,6-7,18,21-22H2,1-5H3,(H,32,36). The molecule has 8 heteroatoms. The van der Waals surface area contributed by atoms with Crippen LogP contribution in [0.1, 0.15) is 48.9 Å². The number of nitrogens with zero attached hydrogens (tertiary/aromatic N) is 2. The van der Waals surface area contributed by atoms with Gasteiger partial charge in [0, 0.05) is 13.1 Å². The van der Waals surface area contributed by atoms with Crippen molar-refractivity contribution in [1.82, 2.24) is 10.2 Å². The quantitative estimate of drug-likeness (QED) is 0.317. The number of benzene rings is 3. The zero-order valence-electron chi connectivity index (χ0n) is 23.5. The van der Waals surface area contributed by atoms with Gasteiger partial charge in [-0.15, -0.1) is 0 Å². The van der Waals surface area contributed by atoms with Crippen LogP contribution >= 0.6 is 0 Å². The van der Waals surface area contributed by atoms with Gasteiger partial charge < -0.3 is 10.2 Å². The Kier molecular flexibility index (Phi) is 10.3. The minimum Gasteiger partial charge on any atom is -0.354 e. The van der Waals surface area contributed by atoms with Gasteiger partial charge in [-0.25, -0.2) is 8.42 Å². The van der Waals surface area contributed by atoms with Crippen LogP contribution < -0.4 is 9.62 Å². The third-order valence-electron chi connectivity index (χ3n) is 6.68. The van der Waals surface area contributed by atoms with Crippen molar-refractivity contribution in [3.8, 4) is 0 Å². The van der Waals surface area contributed by atoms with Crippen LogP contribution in [-0.4, -0.2) is 44.3 Å². The summed E-state index contributed by atoms with van der Waals surface area (Å²) in [6.07, 6.45) is 1.77. The number of carbonyl (C=O) groups is 2. The number of unbranched alkanes of at least 4 members (excludes halogenated alkanes) is 1. The highest BCUT2D eigenvalue weighted by Crippen LogP contribution is 2.28. The summed E-state index contributed by atoms with van der Waals surface area (Å²) < 4.78 is 29.0. The Bertz CT molecular complexity index is 1390. The fourth-order valence-corrected chi connectivity index (χ4v) is 5.84. The van der Waals surface area contributed by atoms with Crippen molar-refractivity contribution < 1.29 is 18.0 Å². The monoisotopic (exact) mass is 549 g/mol. The van der Waals surface area contributed by atoms with Crippen LogP contribution in [0.5, 0.6) is 0 Å². The molecule has 0 aliphatic heterocycles. The third-order valence-corrected chi connectivity index (χ3v) is 8.45. The molecule has 0 heterocycles. The van der Waals surface area contributed by atoms with Crippen LogP contribution in [0.2, 0.25) is 0 Å². The molecule has 1 N–H and O–H groups in total. The number of amides is 2. The topological polar surface area (TPSA) is 86.8 Å². The van der Waals surface area contributed by atoms with Gasteiger partial charge in [0.1, 0.15) is 12.6 Å². The summed E-state index contributed by atoms with van der Waals surface area (Å²) in [7, 11) is -4.08. The van der Waals surface area contributed by atoms with Gasteiger partial charge in [0.2, 0.25) is 11.8 Å². The number of carbonyl (C=O) groups excluding carboxylic acids is 2. The van der Waals surface area contributed by atoms with Crippen LogP contribution in [0.3, 0.4) is 0 Å². The van der Waals surface area contributed by atoms with Crippen molar-refractivity contribution in [3.05, 3.63) is 95.1 Å². The lowest BCUT2D eigenvalue weighted by Gasteiger charge is -2.32. The van der Waals surface area contributed by atoms with Gasteiger partial charge in [0.25, 0.3) is 10.0 Å². The van der Waals surface area contributed by atoms with Crippen LogP contribution in [0.25, 0.3) is 0 Å². The molecule has 208 valence electrons. The molecule has 0 aliphatic carbocycles. The highest BCUT2D eigenvalue weighted by molar-refractivity contribution is 7.92. The average molecular weight is 550 g/mol. The number of anilines is 1. The van der Waals surface area contributed by atoms with Crippen molar-refractivity contribution in [3.63, 3.8) is 0 Å². The van der Waals surface area contributed by atoms with Crippen LogP contribution in [0.4, 0.5) is 5.69 Å². The van der Waals surface area contributed by atoms with Crippen molar-refractivity contribution in [2.24, 2.45) is 0 Å². The van der Waals surface area contributed by atoms with E-state index in [2.05, 4.69) is 5.32 Å². The summed E-state index contributed by atoms with van der Waals surface area (Å²) in [6.45, 7) is 9.64. The zero-order chi connectivity index (χ0) is 28.6. The maximum absolute atomic E-state index is 14.0. The summed E-state index contributed by atoms with van der Waals surface area (Å²) in [6, 6.07) is 20.6. The Hall–Kier alpha value is -3.65. The van der Waals surface area contributed by atoms with Gasteiger partial charge in [-0.05, 0) is 69.0 Å². The molecule has 2 amide bonds. The van der Waals surface area contributed by atoms with Crippen LogP contribution in [0.15, 0.2) is 77.7 Å². The van der Waals surface area contributed by atoms with E-state index in [4.69, 9.17) is 0 Å². The van der Waals surface area contributed by atoms with Crippen LogP contribution in [0, 0.1) is 20.8 Å². The lowest BCUT2D eigenvalue weighted by molar-refractivity contribution is -0.139. The lowest BCUT2D eigenvalue weighted by Crippen LogP contribution is -2.51. The third kappa shape index (κ3) is 7.69. The molecule has 7 nitrogen and oxygen atoms in total. The molecule has 3 aromatic carbocycles. The first kappa shape index (κ1) is 29.9. The summed E-state index contributed by atoms with van der Waals surface area (Å²) in [5, 5.41) is 2.91. The second-order valence-electron chi connectivity index (χ2n) is 9.95. The maximum atomic E-state index is 14.0. The van der Waals surface area contributed by atoms with Gasteiger partial charge in [-0.2, -0.15) is 0 Å². The first-order chi connectivity index (χ1) is 18.5. The smallest absolute Gasteiger partial charge is 0.264 e. The maximum Gasteiger partial charge on any atom is 0.264 e. The number of rotatable bonds is 12. The molecule has 3 rings (SSSR count). The Morgan fingerprint density at radius 2 is 1.59 bits per heavy atom. The molecule has 3 aromatic rings. The van der Waals surface area contributed by atoms with E-state index < -0.39 is 28.5 Å². The van der Waals surface area contributed by atoms with E-state index in [1.54, 1.807) is 31.2 Å². The molecule has 0 spiro atoms. The number of sulfonamides is 1. The van der Waals surface area contributed by atoms with E-state index in [9.17, 15) is 18.0 Å². The second-order valence-corrected chi connectivity index (χ2v) is 11.8. The number of hydrogen-bond acceptors (Lipinski definition) is 4. The number of hydrogen-bond donors (Lipinski definition) is 1. The minimum absolute atomic E-state index is 0.0919. The van der Waals surface area contributed by atoms with E-state index >= 15 is 0 Å². The summed E-state index contributed by atoms with van der Waals surface area (Å²) in [5.41, 5.74) is 3.92. The molecule has 39 heavy (non-hydrogen) atoms. The highest BCUT2D eigenvalue weighted by Gasteiger charge is 2.33. The van der Waals surface area contributed by atoms with Gasteiger partial charge in [-0.3, -0.25) is 13.9 Å². The first-order valence-corrected chi connectivity index (χ1v) is 14.8. The van der Waals surface area contributed by atoms with E-state index in [1.165, 1.54) is 17.0 Å². The Morgan fingerprint density at radius 1 is 0.897 bits per heavy atom. The SMILES string of the molecule is CCCCNC(=O)C(C)N(Cc1cccc(C)c1)C(=O)CN(c1cc(C)ccc1C)S(=O)(=O)c1ccccc1. The van der Waals surface area contributed by atoms with Crippen molar-refractivity contribution in [2.45, 2.75) is 64.9 Å².